The molecule has 0 aliphatic carbocycles. The number of aliphatic carboxylic acids is 1. The third-order valence-electron chi connectivity index (χ3n) is 6.31. The zero-order chi connectivity index (χ0) is 29.0. The number of anilines is 1. The molecule has 4 N–H and O–H groups in total. The van der Waals surface area contributed by atoms with Crippen LogP contribution in [0.3, 0.4) is 0 Å². The Hall–Kier alpha value is -4.14. The number of nitrogens with one attached hydrogen (secondary N) is 1. The molecule has 2 aliphatic rings. The van der Waals surface area contributed by atoms with Crippen molar-refractivity contribution < 1.29 is 24.3 Å². The monoisotopic (exact) mass is 613 g/mol. The number of nitrogen functional groups attached to an aromatic ring is 1. The van der Waals surface area contributed by atoms with Crippen molar-refractivity contribution in [2.24, 2.45) is 10.6 Å². The molecule has 1 aromatic carbocycles. The molecule has 2 saturated heterocycles. The van der Waals surface area contributed by atoms with Crippen molar-refractivity contribution in [3.05, 3.63) is 47.0 Å². The number of hydrogen-bond donors (Lipinski definition) is 3. The zero-order valence-electron chi connectivity index (χ0n) is 21.2. The zero-order valence-corrected chi connectivity index (χ0v) is 23.7. The number of nitrogens with two attached hydrogens (primary N) is 1. The van der Waals surface area contributed by atoms with Crippen molar-refractivity contribution in [1.82, 2.24) is 35.4 Å². The summed E-state index contributed by atoms with van der Waals surface area (Å²) in [5.41, 5.74) is 5.45. The molecule has 17 heteroatoms. The van der Waals surface area contributed by atoms with Crippen LogP contribution in [0.5, 0.6) is 0 Å². The molecule has 0 saturated carbocycles. The number of oxime groups is 1. The fraction of sp³-hybridized carbons (Fsp3) is 0.333. The number of amides is 2. The lowest BCUT2D eigenvalue weighted by Crippen LogP contribution is -2.74. The van der Waals surface area contributed by atoms with Crippen LogP contribution in [0.4, 0.5) is 5.13 Å². The summed E-state index contributed by atoms with van der Waals surface area (Å²) in [6.45, 7) is 0.239. The SMILES string of the molecule is C#CCn1nnnc1SCC1(C(=O)O)CS[C@@H]2C(NC(=O)C(=NOCc3ccccc3)c3csc(N)n3)C(=O)N2C1. The minimum absolute atomic E-state index is 0.0291. The number of carboxylic acids is 1. The summed E-state index contributed by atoms with van der Waals surface area (Å²) in [6.07, 6.45) is 5.34. The minimum Gasteiger partial charge on any atom is -0.481 e. The summed E-state index contributed by atoms with van der Waals surface area (Å²) in [5.74, 6) is 0.665. The van der Waals surface area contributed by atoms with Gasteiger partial charge in [-0.2, -0.15) is 0 Å². The molecule has 0 bridgehead atoms. The molecule has 3 aromatic rings. The molecular weight excluding hydrogens is 591 g/mol. The first-order valence-corrected chi connectivity index (χ1v) is 15.0. The van der Waals surface area contributed by atoms with Gasteiger partial charge < -0.3 is 25.9 Å². The van der Waals surface area contributed by atoms with Gasteiger partial charge in [-0.15, -0.1) is 34.6 Å². The summed E-state index contributed by atoms with van der Waals surface area (Å²) in [5, 5.41) is 29.9. The molecule has 2 unspecified atom stereocenters. The normalized spacial score (nSPS) is 21.9. The van der Waals surface area contributed by atoms with E-state index in [0.717, 1.165) is 28.7 Å². The van der Waals surface area contributed by atoms with Crippen LogP contribution in [0.2, 0.25) is 0 Å². The van der Waals surface area contributed by atoms with Crippen LogP contribution in [-0.4, -0.2) is 88.2 Å². The topological polar surface area (TPSA) is 191 Å². The van der Waals surface area contributed by atoms with E-state index in [-0.39, 0.29) is 47.7 Å². The van der Waals surface area contributed by atoms with Gasteiger partial charge in [0, 0.05) is 23.4 Å². The highest BCUT2D eigenvalue weighted by Gasteiger charge is 2.57. The van der Waals surface area contributed by atoms with Crippen LogP contribution in [0.25, 0.3) is 0 Å². The summed E-state index contributed by atoms with van der Waals surface area (Å²) in [6, 6.07) is 8.42. The molecule has 2 amide bonds. The maximum atomic E-state index is 13.3. The second-order valence-electron chi connectivity index (χ2n) is 9.09. The lowest BCUT2D eigenvalue weighted by Gasteiger charge is -2.53. The Morgan fingerprint density at radius 1 is 1.37 bits per heavy atom. The Labute approximate surface area is 246 Å². The van der Waals surface area contributed by atoms with E-state index in [0.29, 0.717) is 5.16 Å². The van der Waals surface area contributed by atoms with E-state index >= 15 is 0 Å². The molecule has 2 fully saturated rings. The van der Waals surface area contributed by atoms with Gasteiger partial charge in [-0.1, -0.05) is 53.2 Å². The maximum absolute atomic E-state index is 13.3. The Morgan fingerprint density at radius 2 is 2.17 bits per heavy atom. The molecular formula is C24H23N9O5S3. The van der Waals surface area contributed by atoms with Gasteiger partial charge in [0.05, 0.1) is 0 Å². The molecule has 0 spiro atoms. The number of hydrogen-bond acceptors (Lipinski definition) is 13. The van der Waals surface area contributed by atoms with Gasteiger partial charge in [0.15, 0.2) is 10.8 Å². The van der Waals surface area contributed by atoms with Gasteiger partial charge in [-0.05, 0) is 16.0 Å². The van der Waals surface area contributed by atoms with E-state index in [9.17, 15) is 19.5 Å². The largest absolute Gasteiger partial charge is 0.481 e. The first kappa shape index (κ1) is 28.4. The number of rotatable bonds is 11. The highest BCUT2D eigenvalue weighted by atomic mass is 32.2. The number of terminal acetylenes is 1. The van der Waals surface area contributed by atoms with Crippen LogP contribution >= 0.6 is 34.9 Å². The Balaban J connectivity index is 1.25. The maximum Gasteiger partial charge on any atom is 0.313 e. The molecule has 0 radical (unpaired) electrons. The molecule has 3 atom stereocenters. The number of aromatic nitrogens is 5. The molecule has 4 heterocycles. The van der Waals surface area contributed by atoms with Gasteiger partial charge in [0.25, 0.3) is 5.91 Å². The van der Waals surface area contributed by atoms with Crippen molar-refractivity contribution in [3.8, 4) is 12.3 Å². The van der Waals surface area contributed by atoms with Gasteiger partial charge in [-0.25, -0.2) is 9.67 Å². The number of carbonyl (C=O) groups excluding carboxylic acids is 2. The molecule has 5 rings (SSSR count). The van der Waals surface area contributed by atoms with Crippen LogP contribution in [0.1, 0.15) is 11.3 Å². The van der Waals surface area contributed by atoms with E-state index in [2.05, 4.69) is 36.9 Å². The van der Waals surface area contributed by atoms with Crippen molar-refractivity contribution >= 4 is 63.5 Å². The number of thioether (sulfide) groups is 2. The highest BCUT2D eigenvalue weighted by molar-refractivity contribution is 8.00. The lowest BCUT2D eigenvalue weighted by molar-refractivity contribution is -0.157. The van der Waals surface area contributed by atoms with Crippen molar-refractivity contribution in [3.63, 3.8) is 0 Å². The predicted octanol–water partition coefficient (Wildman–Crippen LogP) is 0.529. The molecule has 2 aliphatic heterocycles. The summed E-state index contributed by atoms with van der Waals surface area (Å²) < 4.78 is 1.40. The number of β-lactam (4-membered cyclic amide) rings is 1. The predicted molar refractivity (Wildman–Crippen MR) is 152 cm³/mol. The minimum atomic E-state index is -1.25. The van der Waals surface area contributed by atoms with E-state index in [1.54, 1.807) is 5.38 Å². The number of thiazole rings is 1. The van der Waals surface area contributed by atoms with E-state index in [1.807, 2.05) is 30.3 Å². The van der Waals surface area contributed by atoms with Gasteiger partial charge in [0.1, 0.15) is 35.7 Å². The van der Waals surface area contributed by atoms with Crippen molar-refractivity contribution in [2.45, 2.75) is 29.7 Å². The summed E-state index contributed by atoms with van der Waals surface area (Å²) in [4.78, 5) is 49.8. The average Bonchev–Trinajstić information content (AvgIpc) is 3.61. The van der Waals surface area contributed by atoms with Gasteiger partial charge in [-0.3, -0.25) is 14.4 Å². The quantitative estimate of drug-likeness (QED) is 0.0895. The summed E-state index contributed by atoms with van der Waals surface area (Å²) in [7, 11) is 0. The Bertz CT molecular complexity index is 1520. The second kappa shape index (κ2) is 12.2. The second-order valence-corrected chi connectivity index (χ2v) is 12.0. The van der Waals surface area contributed by atoms with Crippen LogP contribution in [0.15, 0.2) is 46.0 Å². The van der Waals surface area contributed by atoms with Crippen molar-refractivity contribution in [1.29, 1.82) is 0 Å². The Kier molecular flexibility index (Phi) is 8.42. The number of carbonyl (C=O) groups is 3. The molecule has 14 nitrogen and oxygen atoms in total. The Morgan fingerprint density at radius 3 is 2.88 bits per heavy atom. The van der Waals surface area contributed by atoms with E-state index in [1.165, 1.54) is 21.3 Å². The number of benzene rings is 1. The third kappa shape index (κ3) is 5.99. The van der Waals surface area contributed by atoms with Crippen LogP contribution < -0.4 is 11.1 Å². The molecule has 41 heavy (non-hydrogen) atoms. The van der Waals surface area contributed by atoms with E-state index in [4.69, 9.17) is 17.0 Å². The van der Waals surface area contributed by atoms with E-state index < -0.39 is 34.6 Å². The fourth-order valence-corrected chi connectivity index (χ4v) is 7.44. The number of carboxylic acid groups (broad SMARTS) is 1. The first-order valence-electron chi connectivity index (χ1n) is 12.1. The lowest BCUT2D eigenvalue weighted by atomic mass is 9.89. The van der Waals surface area contributed by atoms with Crippen LogP contribution in [0, 0.1) is 17.8 Å². The first-order chi connectivity index (χ1) is 19.8. The summed E-state index contributed by atoms with van der Waals surface area (Å²) >= 11 is 3.58. The number of nitrogens with zero attached hydrogens (tertiary/aromatic N) is 7. The number of fused-ring (bicyclic) bond motifs is 1. The van der Waals surface area contributed by atoms with Crippen LogP contribution in [-0.2, 0) is 32.4 Å². The van der Waals surface area contributed by atoms with Gasteiger partial charge in [0.2, 0.25) is 11.1 Å². The molecule has 2 aromatic heterocycles. The standard InChI is InChI=1S/C24H23N9O5S3/c1-2-8-33-23(28-30-31-33)41-13-24(21(36)37)11-32-19(35)17(20(32)40-12-24)27-18(34)16(15-10-39-22(25)26-15)29-38-9-14-6-4-3-5-7-14/h1,3-7,10,17,20H,8-9,11-13H2,(H2,25,26)(H,27,34)(H,36,37)/t17?,20-,24?/m1/s1. The smallest absolute Gasteiger partial charge is 0.313 e. The fourth-order valence-electron chi connectivity index (χ4n) is 4.15. The number of tetrazole rings is 1. The highest BCUT2D eigenvalue weighted by Crippen LogP contribution is 2.44. The molecule has 212 valence electrons. The van der Waals surface area contributed by atoms with Gasteiger partial charge >= 0.3 is 5.97 Å². The van der Waals surface area contributed by atoms with Crippen molar-refractivity contribution in [2.75, 3.05) is 23.8 Å². The third-order valence-corrected chi connectivity index (χ3v) is 9.82. The average molecular weight is 614 g/mol.